The fourth-order valence-corrected chi connectivity index (χ4v) is 4.90. The summed E-state index contributed by atoms with van der Waals surface area (Å²) in [6.07, 6.45) is 1.98. The van der Waals surface area contributed by atoms with E-state index in [4.69, 9.17) is 15.2 Å². The molecule has 4 N–H and O–H groups in total. The highest BCUT2D eigenvalue weighted by Crippen LogP contribution is 2.59. The van der Waals surface area contributed by atoms with Crippen LogP contribution in [0, 0.1) is 13.8 Å². The van der Waals surface area contributed by atoms with E-state index < -0.39 is 15.6 Å². The van der Waals surface area contributed by atoms with Gasteiger partial charge in [-0.2, -0.15) is 8.88 Å². The lowest BCUT2D eigenvalue weighted by Crippen LogP contribution is -2.35. The van der Waals surface area contributed by atoms with Gasteiger partial charge in [0.1, 0.15) is 11.6 Å². The van der Waals surface area contributed by atoms with E-state index in [1.165, 1.54) is 11.3 Å². The molecule has 0 fully saturated rings. The Morgan fingerprint density at radius 1 is 1.30 bits per heavy atom. The second-order valence-corrected chi connectivity index (χ2v) is 9.56. The minimum absolute atomic E-state index is 0.186. The van der Waals surface area contributed by atoms with Crippen molar-refractivity contribution in [2.75, 3.05) is 19.5 Å². The zero-order chi connectivity index (χ0) is 20.2. The van der Waals surface area contributed by atoms with E-state index in [0.717, 1.165) is 23.2 Å². The summed E-state index contributed by atoms with van der Waals surface area (Å²) in [6.45, 7) is 3.94. The van der Waals surface area contributed by atoms with Crippen molar-refractivity contribution < 1.29 is 36.8 Å². The summed E-state index contributed by atoms with van der Waals surface area (Å²) in [5.41, 5.74) is 9.49. The van der Waals surface area contributed by atoms with E-state index in [0.29, 0.717) is 24.6 Å². The third kappa shape index (κ3) is 6.41. The van der Waals surface area contributed by atoms with Gasteiger partial charge in [0.05, 0.1) is 17.0 Å². The molecule has 2 rings (SSSR count). The summed E-state index contributed by atoms with van der Waals surface area (Å²) in [5, 5.41) is 0. The Morgan fingerprint density at radius 2 is 2.00 bits per heavy atom. The lowest BCUT2D eigenvalue weighted by atomic mass is 10.2. The number of hydrogen-bond acceptors (Lipinski definition) is 9. The van der Waals surface area contributed by atoms with Crippen LogP contribution in [0.2, 0.25) is 0 Å². The minimum atomic E-state index is -4.72. The number of aryl methyl sites for hydroxylation is 1. The first kappa shape index (κ1) is 22.1. The van der Waals surface area contributed by atoms with Gasteiger partial charge in [0, 0.05) is 26.7 Å². The zero-order valence-electron chi connectivity index (χ0n) is 14.9. The SMILES string of the molecule is COP(=O)(O)OP(=O)(O)OCCc1sc[n+](Cc2cnc(C)nc2N)c1C. The molecule has 0 bridgehead atoms. The van der Waals surface area contributed by atoms with E-state index >= 15 is 0 Å². The van der Waals surface area contributed by atoms with Gasteiger partial charge in [-0.25, -0.2) is 19.1 Å². The first-order chi connectivity index (χ1) is 12.5. The molecule has 0 aliphatic rings. The Bertz CT molecular complexity index is 907. The third-order valence-electron chi connectivity index (χ3n) is 3.54. The van der Waals surface area contributed by atoms with Crippen LogP contribution in [0.1, 0.15) is 22.0 Å². The fourth-order valence-electron chi connectivity index (χ4n) is 2.11. The maximum atomic E-state index is 11.6. The molecule has 0 aromatic carbocycles. The number of hydrogen-bond donors (Lipinski definition) is 3. The number of anilines is 1. The average Bonchev–Trinajstić information content (AvgIpc) is 2.89. The summed E-state index contributed by atoms with van der Waals surface area (Å²) in [7, 11) is -8.46. The molecule has 2 aromatic rings. The number of nitrogen functional groups attached to an aromatic ring is 1. The van der Waals surface area contributed by atoms with Crippen molar-refractivity contribution in [1.82, 2.24) is 9.97 Å². The van der Waals surface area contributed by atoms with Crippen molar-refractivity contribution in [3.05, 3.63) is 33.7 Å². The van der Waals surface area contributed by atoms with Gasteiger partial charge in [0.2, 0.25) is 5.51 Å². The topological polar surface area (TPSA) is 158 Å². The molecule has 2 aromatic heterocycles. The normalized spacial score (nSPS) is 16.0. The minimum Gasteiger partial charge on any atom is -0.383 e. The summed E-state index contributed by atoms with van der Waals surface area (Å²) in [4.78, 5) is 27.7. The van der Waals surface area contributed by atoms with Gasteiger partial charge in [-0.15, -0.1) is 0 Å². The number of nitrogens with zero attached hydrogens (tertiary/aromatic N) is 3. The van der Waals surface area contributed by atoms with Crippen molar-refractivity contribution in [2.24, 2.45) is 0 Å². The fraction of sp³-hybridized carbons (Fsp3) is 0.462. The average molecular weight is 439 g/mol. The van der Waals surface area contributed by atoms with Crippen molar-refractivity contribution in [2.45, 2.75) is 26.8 Å². The Labute approximate surface area is 160 Å². The number of thiazole rings is 1. The van der Waals surface area contributed by atoms with Gasteiger partial charge in [0.25, 0.3) is 0 Å². The molecule has 0 saturated heterocycles. The molecule has 0 aliphatic carbocycles. The van der Waals surface area contributed by atoms with E-state index in [-0.39, 0.29) is 6.61 Å². The maximum Gasteiger partial charge on any atom is 0.481 e. The molecular weight excluding hydrogens is 418 g/mol. The molecule has 2 heterocycles. The predicted octanol–water partition coefficient (Wildman–Crippen LogP) is 1.50. The molecule has 0 radical (unpaired) electrons. The number of phosphoric acid groups is 2. The number of phosphoric ester groups is 2. The molecule has 2 unspecified atom stereocenters. The molecule has 0 amide bonds. The predicted molar refractivity (Wildman–Crippen MR) is 96.9 cm³/mol. The standard InChI is InChI=1S/C13H20N4O7P2S/c1-9-12(4-5-23-26(20,21)24-25(18,19)22-3)27-8-17(9)7-11-6-15-10(2)16-13(11)14/h6,8H,4-5,7H2,1-3H3,(H3-,14,15,16,18,19,20,21)/p+1. The molecule has 0 spiro atoms. The lowest BCUT2D eigenvalue weighted by molar-refractivity contribution is -0.689. The van der Waals surface area contributed by atoms with Crippen LogP contribution < -0.4 is 10.3 Å². The van der Waals surface area contributed by atoms with E-state index in [2.05, 4.69) is 18.8 Å². The second-order valence-electron chi connectivity index (χ2n) is 5.47. The maximum absolute atomic E-state index is 11.6. The molecule has 27 heavy (non-hydrogen) atoms. The van der Waals surface area contributed by atoms with E-state index in [9.17, 15) is 14.0 Å². The lowest BCUT2D eigenvalue weighted by Gasteiger charge is -2.13. The molecule has 14 heteroatoms. The van der Waals surface area contributed by atoms with Gasteiger partial charge >= 0.3 is 15.6 Å². The Balaban J connectivity index is 1.97. The van der Waals surface area contributed by atoms with E-state index in [1.54, 1.807) is 13.1 Å². The molecule has 0 aliphatic heterocycles. The van der Waals surface area contributed by atoms with Crippen molar-refractivity contribution >= 4 is 32.8 Å². The first-order valence-corrected chi connectivity index (χ1v) is 11.5. The van der Waals surface area contributed by atoms with Crippen molar-refractivity contribution in [1.29, 1.82) is 0 Å². The van der Waals surface area contributed by atoms with Crippen LogP contribution in [0.4, 0.5) is 5.82 Å². The van der Waals surface area contributed by atoms with Gasteiger partial charge in [-0.05, 0) is 6.92 Å². The first-order valence-electron chi connectivity index (χ1n) is 7.64. The summed E-state index contributed by atoms with van der Waals surface area (Å²) < 4.78 is 37.7. The smallest absolute Gasteiger partial charge is 0.383 e. The molecule has 150 valence electrons. The number of rotatable bonds is 9. The largest absolute Gasteiger partial charge is 0.481 e. The van der Waals surface area contributed by atoms with Gasteiger partial charge in [-0.1, -0.05) is 11.3 Å². The molecule has 0 saturated carbocycles. The molecule has 11 nitrogen and oxygen atoms in total. The van der Waals surface area contributed by atoms with Gasteiger partial charge in [0.15, 0.2) is 12.2 Å². The van der Waals surface area contributed by atoms with Gasteiger partial charge in [-0.3, -0.25) is 9.05 Å². The third-order valence-corrected chi connectivity index (χ3v) is 7.30. The van der Waals surface area contributed by atoms with E-state index in [1.807, 2.05) is 17.0 Å². The monoisotopic (exact) mass is 439 g/mol. The van der Waals surface area contributed by atoms with Crippen molar-refractivity contribution in [3.8, 4) is 0 Å². The van der Waals surface area contributed by atoms with Crippen LogP contribution in [0.3, 0.4) is 0 Å². The van der Waals surface area contributed by atoms with Crippen molar-refractivity contribution in [3.63, 3.8) is 0 Å². The second kappa shape index (κ2) is 8.85. The number of nitrogens with two attached hydrogens (primary N) is 1. The summed E-state index contributed by atoms with van der Waals surface area (Å²) >= 11 is 1.43. The highest BCUT2D eigenvalue weighted by atomic mass is 32.1. The summed E-state index contributed by atoms with van der Waals surface area (Å²) in [5.74, 6) is 1.01. The zero-order valence-corrected chi connectivity index (χ0v) is 17.5. The Kier molecular flexibility index (Phi) is 7.23. The van der Waals surface area contributed by atoms with Crippen LogP contribution in [0.5, 0.6) is 0 Å². The quantitative estimate of drug-likeness (QED) is 0.386. The highest BCUT2D eigenvalue weighted by Gasteiger charge is 2.34. The highest BCUT2D eigenvalue weighted by molar-refractivity contribution is 7.61. The Morgan fingerprint density at radius 3 is 2.63 bits per heavy atom. The number of aromatic nitrogens is 3. The van der Waals surface area contributed by atoms with Crippen LogP contribution in [-0.2, 0) is 35.5 Å². The van der Waals surface area contributed by atoms with Gasteiger partial charge < -0.3 is 15.5 Å². The Hall–Kier alpha value is -1.23. The van der Waals surface area contributed by atoms with Crippen LogP contribution in [-0.4, -0.2) is 33.5 Å². The van der Waals surface area contributed by atoms with Crippen LogP contribution in [0.25, 0.3) is 0 Å². The molecular formula is C13H21N4O7P2S+. The summed E-state index contributed by atoms with van der Waals surface area (Å²) in [6, 6.07) is 0. The van der Waals surface area contributed by atoms with Crippen LogP contribution >= 0.6 is 27.0 Å². The molecule has 2 atom stereocenters. The van der Waals surface area contributed by atoms with Crippen LogP contribution in [0.15, 0.2) is 11.7 Å².